The maximum absolute atomic E-state index is 12.2. The van der Waals surface area contributed by atoms with E-state index in [0.717, 1.165) is 24.1 Å². The Labute approximate surface area is 130 Å². The number of carbonyl (C=O) groups excluding carboxylic acids is 2. The summed E-state index contributed by atoms with van der Waals surface area (Å²) in [6.45, 7) is 1.95. The van der Waals surface area contributed by atoms with Crippen LogP contribution in [0, 0.1) is 6.92 Å². The Hall–Kier alpha value is -1.88. The first kappa shape index (κ1) is 15.0. The Balaban J connectivity index is 1.59. The molecule has 22 heavy (non-hydrogen) atoms. The van der Waals surface area contributed by atoms with E-state index in [4.69, 9.17) is 0 Å². The van der Waals surface area contributed by atoms with Crippen molar-refractivity contribution >= 4 is 17.5 Å². The minimum atomic E-state index is -0.427. The lowest BCUT2D eigenvalue weighted by atomic mass is 9.87. The molecule has 1 saturated carbocycles. The molecule has 1 aromatic rings. The van der Waals surface area contributed by atoms with Crippen molar-refractivity contribution in [2.45, 2.75) is 57.2 Å². The lowest BCUT2D eigenvalue weighted by Crippen LogP contribution is -2.65. The Bertz CT molecular complexity index is 573. The van der Waals surface area contributed by atoms with E-state index in [9.17, 15) is 9.59 Å². The Morgan fingerprint density at radius 2 is 1.95 bits per heavy atom. The molecule has 3 N–H and O–H groups in total. The second kappa shape index (κ2) is 6.48. The van der Waals surface area contributed by atoms with Gasteiger partial charge in [0.1, 0.15) is 0 Å². The molecule has 0 bridgehead atoms. The Morgan fingerprint density at radius 3 is 2.73 bits per heavy atom. The zero-order valence-electron chi connectivity index (χ0n) is 12.9. The molecule has 5 nitrogen and oxygen atoms in total. The van der Waals surface area contributed by atoms with E-state index in [-0.39, 0.29) is 24.3 Å². The van der Waals surface area contributed by atoms with E-state index in [1.54, 1.807) is 0 Å². The van der Waals surface area contributed by atoms with E-state index >= 15 is 0 Å². The van der Waals surface area contributed by atoms with Crippen molar-refractivity contribution in [3.05, 3.63) is 29.8 Å². The summed E-state index contributed by atoms with van der Waals surface area (Å²) < 4.78 is 0. The molecule has 1 aliphatic carbocycles. The van der Waals surface area contributed by atoms with Crippen molar-refractivity contribution in [2.75, 3.05) is 5.32 Å². The average molecular weight is 301 g/mol. The van der Waals surface area contributed by atoms with Gasteiger partial charge in [0.2, 0.25) is 11.8 Å². The van der Waals surface area contributed by atoms with Crippen LogP contribution >= 0.6 is 0 Å². The van der Waals surface area contributed by atoms with Gasteiger partial charge in [0, 0.05) is 17.8 Å². The van der Waals surface area contributed by atoms with E-state index in [1.807, 2.05) is 31.2 Å². The highest BCUT2D eigenvalue weighted by Crippen LogP contribution is 2.22. The van der Waals surface area contributed by atoms with Crippen molar-refractivity contribution in [2.24, 2.45) is 0 Å². The zero-order valence-corrected chi connectivity index (χ0v) is 12.9. The molecule has 1 heterocycles. The van der Waals surface area contributed by atoms with Crippen molar-refractivity contribution < 1.29 is 9.59 Å². The predicted molar refractivity (Wildman–Crippen MR) is 85.5 cm³/mol. The second-order valence-electron chi connectivity index (χ2n) is 6.29. The number of anilines is 1. The first-order valence-electron chi connectivity index (χ1n) is 8.05. The fraction of sp³-hybridized carbons (Fsp3) is 0.529. The van der Waals surface area contributed by atoms with Gasteiger partial charge in [-0.2, -0.15) is 0 Å². The summed E-state index contributed by atoms with van der Waals surface area (Å²) in [7, 11) is 0. The minimum absolute atomic E-state index is 0.0527. The molecule has 2 amide bonds. The molecule has 5 heteroatoms. The van der Waals surface area contributed by atoms with Crippen LogP contribution in [-0.4, -0.2) is 29.9 Å². The van der Waals surface area contributed by atoms with Gasteiger partial charge < -0.3 is 16.0 Å². The number of hydrogen-bond acceptors (Lipinski definition) is 3. The molecule has 3 rings (SSSR count). The summed E-state index contributed by atoms with van der Waals surface area (Å²) in [5.74, 6) is -0.181. The quantitative estimate of drug-likeness (QED) is 0.796. The molecule has 1 aliphatic heterocycles. The normalized spacial score (nSPS) is 27.7. The molecule has 118 valence electrons. The third-order valence-electron chi connectivity index (χ3n) is 4.63. The van der Waals surface area contributed by atoms with Crippen molar-refractivity contribution in [1.29, 1.82) is 0 Å². The van der Waals surface area contributed by atoms with E-state index in [0.29, 0.717) is 6.04 Å². The predicted octanol–water partition coefficient (Wildman–Crippen LogP) is 1.72. The van der Waals surface area contributed by atoms with Gasteiger partial charge in [-0.1, -0.05) is 31.0 Å². The molecule has 0 unspecified atom stereocenters. The third-order valence-corrected chi connectivity index (χ3v) is 4.63. The molecular formula is C17H23N3O2. The lowest BCUT2D eigenvalue weighted by molar-refractivity contribution is -0.129. The van der Waals surface area contributed by atoms with Gasteiger partial charge in [0.15, 0.2) is 0 Å². The van der Waals surface area contributed by atoms with Gasteiger partial charge in [0.25, 0.3) is 0 Å². The van der Waals surface area contributed by atoms with Crippen molar-refractivity contribution in [3.8, 4) is 0 Å². The van der Waals surface area contributed by atoms with Gasteiger partial charge in [0.05, 0.1) is 12.5 Å². The fourth-order valence-electron chi connectivity index (χ4n) is 3.37. The first-order chi connectivity index (χ1) is 10.6. The highest BCUT2D eigenvalue weighted by atomic mass is 16.2. The Kier molecular flexibility index (Phi) is 4.43. The molecular weight excluding hydrogens is 278 g/mol. The number of amides is 2. The molecule has 0 radical (unpaired) electrons. The number of rotatable bonds is 3. The summed E-state index contributed by atoms with van der Waals surface area (Å²) in [5.41, 5.74) is 1.82. The highest BCUT2D eigenvalue weighted by Gasteiger charge is 2.36. The number of nitrogens with one attached hydrogen (secondary N) is 3. The van der Waals surface area contributed by atoms with Crippen LogP contribution in [0.3, 0.4) is 0 Å². The van der Waals surface area contributed by atoms with Crippen LogP contribution in [0.4, 0.5) is 5.69 Å². The van der Waals surface area contributed by atoms with Crippen LogP contribution in [0.1, 0.15) is 37.7 Å². The third kappa shape index (κ3) is 3.30. The maximum Gasteiger partial charge on any atom is 0.237 e. The topological polar surface area (TPSA) is 70.2 Å². The Morgan fingerprint density at radius 1 is 1.23 bits per heavy atom. The monoisotopic (exact) mass is 301 g/mol. The summed E-state index contributed by atoms with van der Waals surface area (Å²) >= 11 is 0. The number of aryl methyl sites for hydroxylation is 1. The van der Waals surface area contributed by atoms with E-state index in [2.05, 4.69) is 16.0 Å². The van der Waals surface area contributed by atoms with Gasteiger partial charge >= 0.3 is 0 Å². The van der Waals surface area contributed by atoms with E-state index in [1.165, 1.54) is 12.8 Å². The molecule has 1 saturated heterocycles. The van der Waals surface area contributed by atoms with Crippen LogP contribution < -0.4 is 16.0 Å². The average Bonchev–Trinajstić information content (AvgIpc) is 2.50. The SMILES string of the molecule is Cc1ccccc1NC(=O)C[C@@H]1N[C@H]2CCCC[C@@H]2NC1=O. The lowest BCUT2D eigenvalue weighted by Gasteiger charge is -2.40. The molecule has 2 aliphatic rings. The largest absolute Gasteiger partial charge is 0.350 e. The summed E-state index contributed by atoms with van der Waals surface area (Å²) in [5, 5.41) is 9.32. The van der Waals surface area contributed by atoms with E-state index < -0.39 is 6.04 Å². The molecule has 2 fully saturated rings. The van der Waals surface area contributed by atoms with Crippen LogP contribution in [0.15, 0.2) is 24.3 Å². The van der Waals surface area contributed by atoms with Gasteiger partial charge in [-0.25, -0.2) is 0 Å². The standard InChI is InChI=1S/C17H23N3O2/c1-11-6-2-3-7-12(11)19-16(21)10-15-17(22)20-14-9-5-4-8-13(14)18-15/h2-3,6-7,13-15,18H,4-5,8-10H2,1H3,(H,19,21)(H,20,22)/t13-,14-,15-/m0/s1. The van der Waals surface area contributed by atoms with Gasteiger partial charge in [-0.15, -0.1) is 0 Å². The number of carbonyl (C=O) groups is 2. The first-order valence-corrected chi connectivity index (χ1v) is 8.05. The number of benzene rings is 1. The number of hydrogen-bond donors (Lipinski definition) is 3. The highest BCUT2D eigenvalue weighted by molar-refractivity contribution is 5.96. The smallest absolute Gasteiger partial charge is 0.237 e. The number of fused-ring (bicyclic) bond motifs is 1. The van der Waals surface area contributed by atoms with Gasteiger partial charge in [-0.3, -0.25) is 9.59 Å². The zero-order chi connectivity index (χ0) is 15.5. The number of para-hydroxylation sites is 1. The second-order valence-corrected chi connectivity index (χ2v) is 6.29. The molecule has 0 spiro atoms. The van der Waals surface area contributed by atoms with Crippen LogP contribution in [0.2, 0.25) is 0 Å². The fourth-order valence-corrected chi connectivity index (χ4v) is 3.37. The molecule has 3 atom stereocenters. The summed E-state index contributed by atoms with van der Waals surface area (Å²) in [4.78, 5) is 24.4. The van der Waals surface area contributed by atoms with Crippen LogP contribution in [-0.2, 0) is 9.59 Å². The minimum Gasteiger partial charge on any atom is -0.350 e. The maximum atomic E-state index is 12.2. The van der Waals surface area contributed by atoms with Gasteiger partial charge in [-0.05, 0) is 31.4 Å². The number of piperazine rings is 1. The van der Waals surface area contributed by atoms with Crippen molar-refractivity contribution in [3.63, 3.8) is 0 Å². The summed E-state index contributed by atoms with van der Waals surface area (Å²) in [6, 6.07) is 7.76. The summed E-state index contributed by atoms with van der Waals surface area (Å²) in [6.07, 6.45) is 4.63. The molecule has 1 aromatic carbocycles. The van der Waals surface area contributed by atoms with Crippen molar-refractivity contribution in [1.82, 2.24) is 10.6 Å². The van der Waals surface area contributed by atoms with Crippen LogP contribution in [0.5, 0.6) is 0 Å². The van der Waals surface area contributed by atoms with Crippen LogP contribution in [0.25, 0.3) is 0 Å². The molecule has 0 aromatic heterocycles.